The second-order valence-corrected chi connectivity index (χ2v) is 4.74. The predicted molar refractivity (Wildman–Crippen MR) is 79.8 cm³/mol. The van der Waals surface area contributed by atoms with Crippen LogP contribution in [0.25, 0.3) is 11.0 Å². The summed E-state index contributed by atoms with van der Waals surface area (Å²) in [6.45, 7) is 0. The highest BCUT2D eigenvalue weighted by molar-refractivity contribution is 5.77. The maximum Gasteiger partial charge on any atom is 0.138 e. The topological polar surface area (TPSA) is 51.8 Å². The zero-order chi connectivity index (χ0) is 14.8. The number of methoxy groups -OCH3 is 2. The van der Waals surface area contributed by atoms with Crippen LogP contribution in [0.2, 0.25) is 0 Å². The molecule has 0 amide bonds. The first kappa shape index (κ1) is 13.5. The van der Waals surface area contributed by atoms with Gasteiger partial charge in [-0.2, -0.15) is 0 Å². The largest absolute Gasteiger partial charge is 0.497 e. The maximum atomic E-state index is 10.5. The summed E-state index contributed by atoms with van der Waals surface area (Å²) in [4.78, 5) is 0. The zero-order valence-corrected chi connectivity index (χ0v) is 11.9. The van der Waals surface area contributed by atoms with E-state index in [1.165, 1.54) is 0 Å². The quantitative estimate of drug-likeness (QED) is 0.796. The van der Waals surface area contributed by atoms with E-state index in [0.29, 0.717) is 22.8 Å². The van der Waals surface area contributed by atoms with Crippen molar-refractivity contribution in [2.75, 3.05) is 14.2 Å². The molecule has 0 saturated carbocycles. The van der Waals surface area contributed by atoms with Gasteiger partial charge >= 0.3 is 0 Å². The van der Waals surface area contributed by atoms with Gasteiger partial charge in [0.15, 0.2) is 0 Å². The molecule has 21 heavy (non-hydrogen) atoms. The van der Waals surface area contributed by atoms with Gasteiger partial charge in [0.2, 0.25) is 0 Å². The van der Waals surface area contributed by atoms with E-state index in [4.69, 9.17) is 13.9 Å². The Hall–Kier alpha value is -2.46. The summed E-state index contributed by atoms with van der Waals surface area (Å²) in [6.07, 6.45) is -0.874. The monoisotopic (exact) mass is 284 g/mol. The van der Waals surface area contributed by atoms with Gasteiger partial charge in [-0.15, -0.1) is 0 Å². The van der Waals surface area contributed by atoms with E-state index in [-0.39, 0.29) is 0 Å². The molecule has 1 unspecified atom stereocenters. The van der Waals surface area contributed by atoms with Crippen molar-refractivity contribution in [2.24, 2.45) is 0 Å². The molecule has 0 bridgehead atoms. The third kappa shape index (κ3) is 2.58. The lowest BCUT2D eigenvalue weighted by molar-refractivity contribution is 0.191. The van der Waals surface area contributed by atoms with Crippen LogP contribution in [0.3, 0.4) is 0 Å². The van der Waals surface area contributed by atoms with Crippen molar-refractivity contribution in [3.05, 3.63) is 59.9 Å². The number of benzene rings is 2. The van der Waals surface area contributed by atoms with Gasteiger partial charge in [-0.1, -0.05) is 18.2 Å². The molecule has 2 aromatic carbocycles. The molecule has 3 rings (SSSR count). The molecule has 0 aliphatic heterocycles. The van der Waals surface area contributed by atoms with E-state index in [2.05, 4.69) is 0 Å². The molecule has 0 spiro atoms. The van der Waals surface area contributed by atoms with Crippen LogP contribution in [0.5, 0.6) is 11.5 Å². The van der Waals surface area contributed by atoms with Gasteiger partial charge in [0.05, 0.1) is 14.2 Å². The lowest BCUT2D eigenvalue weighted by Crippen LogP contribution is -1.99. The van der Waals surface area contributed by atoms with E-state index in [0.717, 1.165) is 11.0 Å². The third-order valence-electron chi connectivity index (χ3n) is 3.40. The smallest absolute Gasteiger partial charge is 0.138 e. The molecule has 108 valence electrons. The van der Waals surface area contributed by atoms with Gasteiger partial charge < -0.3 is 19.0 Å². The van der Waals surface area contributed by atoms with Crippen molar-refractivity contribution >= 4 is 11.0 Å². The SMILES string of the molecule is COc1cc(OC)cc(C(O)c2cc3ccccc3o2)c1. The molecule has 0 aliphatic rings. The van der Waals surface area contributed by atoms with Crippen molar-refractivity contribution in [3.8, 4) is 11.5 Å². The number of fused-ring (bicyclic) bond motifs is 1. The normalized spacial score (nSPS) is 12.3. The Kier molecular flexibility index (Phi) is 3.54. The van der Waals surface area contributed by atoms with E-state index in [9.17, 15) is 5.11 Å². The van der Waals surface area contributed by atoms with Crippen molar-refractivity contribution in [2.45, 2.75) is 6.10 Å². The summed E-state index contributed by atoms with van der Waals surface area (Å²) in [6, 6.07) is 14.8. The standard InChI is InChI=1S/C17H16O4/c1-19-13-7-12(8-14(10-13)20-2)17(18)16-9-11-5-3-4-6-15(11)21-16/h3-10,17-18H,1-2H3. The Morgan fingerprint density at radius 1 is 0.952 bits per heavy atom. The van der Waals surface area contributed by atoms with Gasteiger partial charge in [-0.05, 0) is 29.8 Å². The van der Waals surface area contributed by atoms with Crippen LogP contribution in [-0.4, -0.2) is 19.3 Å². The van der Waals surface area contributed by atoms with E-state index in [1.54, 1.807) is 32.4 Å². The fraction of sp³-hybridized carbons (Fsp3) is 0.176. The average Bonchev–Trinajstić information content (AvgIpc) is 2.97. The van der Waals surface area contributed by atoms with Crippen LogP contribution in [0.15, 0.2) is 52.9 Å². The molecule has 1 heterocycles. The second-order valence-electron chi connectivity index (χ2n) is 4.74. The highest BCUT2D eigenvalue weighted by atomic mass is 16.5. The number of para-hydroxylation sites is 1. The molecule has 0 aliphatic carbocycles. The van der Waals surface area contributed by atoms with Crippen LogP contribution in [0.1, 0.15) is 17.4 Å². The van der Waals surface area contributed by atoms with Crippen LogP contribution >= 0.6 is 0 Å². The van der Waals surface area contributed by atoms with Gasteiger partial charge in [-0.25, -0.2) is 0 Å². The van der Waals surface area contributed by atoms with Crippen LogP contribution in [0.4, 0.5) is 0 Å². The highest BCUT2D eigenvalue weighted by Crippen LogP contribution is 2.32. The Labute approximate surface area is 122 Å². The minimum atomic E-state index is -0.874. The first-order chi connectivity index (χ1) is 10.2. The van der Waals surface area contributed by atoms with Gasteiger partial charge in [0.25, 0.3) is 0 Å². The van der Waals surface area contributed by atoms with E-state index < -0.39 is 6.10 Å². The van der Waals surface area contributed by atoms with Crippen molar-refractivity contribution in [1.82, 2.24) is 0 Å². The molecule has 0 saturated heterocycles. The minimum Gasteiger partial charge on any atom is -0.497 e. The molecule has 0 fully saturated rings. The summed E-state index contributed by atoms with van der Waals surface area (Å²) >= 11 is 0. The fourth-order valence-corrected chi connectivity index (χ4v) is 2.29. The Bertz CT molecular complexity index is 705. The summed E-state index contributed by atoms with van der Waals surface area (Å²) in [5.41, 5.74) is 1.41. The number of hydrogen-bond donors (Lipinski definition) is 1. The Morgan fingerprint density at radius 2 is 1.62 bits per heavy atom. The summed E-state index contributed by atoms with van der Waals surface area (Å²) < 4.78 is 16.1. The average molecular weight is 284 g/mol. The lowest BCUT2D eigenvalue weighted by atomic mass is 10.1. The summed E-state index contributed by atoms with van der Waals surface area (Å²) in [5.74, 6) is 1.74. The van der Waals surface area contributed by atoms with E-state index >= 15 is 0 Å². The molecule has 4 heteroatoms. The second kappa shape index (κ2) is 5.50. The summed E-state index contributed by atoms with van der Waals surface area (Å²) in [5, 5.41) is 11.5. The minimum absolute atomic E-state index is 0.492. The van der Waals surface area contributed by atoms with Crippen LogP contribution in [0, 0.1) is 0 Å². The van der Waals surface area contributed by atoms with Gasteiger partial charge in [0.1, 0.15) is 28.9 Å². The molecule has 3 aromatic rings. The fourth-order valence-electron chi connectivity index (χ4n) is 2.29. The number of ether oxygens (including phenoxy) is 2. The van der Waals surface area contributed by atoms with Crippen LogP contribution < -0.4 is 9.47 Å². The lowest BCUT2D eigenvalue weighted by Gasteiger charge is -2.12. The number of aliphatic hydroxyl groups is 1. The zero-order valence-electron chi connectivity index (χ0n) is 11.9. The van der Waals surface area contributed by atoms with Crippen molar-refractivity contribution in [1.29, 1.82) is 0 Å². The number of rotatable bonds is 4. The third-order valence-corrected chi connectivity index (χ3v) is 3.40. The molecular weight excluding hydrogens is 268 g/mol. The first-order valence-electron chi connectivity index (χ1n) is 6.61. The molecule has 0 radical (unpaired) electrons. The van der Waals surface area contributed by atoms with Crippen molar-refractivity contribution in [3.63, 3.8) is 0 Å². The Balaban J connectivity index is 2.02. The predicted octanol–water partition coefficient (Wildman–Crippen LogP) is 3.53. The molecule has 1 N–H and O–H groups in total. The maximum absolute atomic E-state index is 10.5. The number of hydrogen-bond acceptors (Lipinski definition) is 4. The first-order valence-corrected chi connectivity index (χ1v) is 6.61. The highest BCUT2D eigenvalue weighted by Gasteiger charge is 2.17. The number of furan rings is 1. The van der Waals surface area contributed by atoms with Gasteiger partial charge in [-0.3, -0.25) is 0 Å². The summed E-state index contributed by atoms with van der Waals surface area (Å²) in [7, 11) is 3.15. The van der Waals surface area contributed by atoms with Gasteiger partial charge in [0, 0.05) is 11.5 Å². The molecular formula is C17H16O4. The van der Waals surface area contributed by atoms with E-state index in [1.807, 2.05) is 30.3 Å². The van der Waals surface area contributed by atoms with Crippen molar-refractivity contribution < 1.29 is 19.0 Å². The van der Waals surface area contributed by atoms with Crippen LogP contribution in [-0.2, 0) is 0 Å². The molecule has 4 nitrogen and oxygen atoms in total. The molecule has 1 aromatic heterocycles. The number of aliphatic hydroxyl groups excluding tert-OH is 1. The molecule has 1 atom stereocenters. The Morgan fingerprint density at radius 3 is 2.24 bits per heavy atom.